The second-order valence-electron chi connectivity index (χ2n) is 8.16. The van der Waals surface area contributed by atoms with Crippen LogP contribution in [-0.2, 0) is 20.7 Å². The number of carbonyl (C=O) groups excluding carboxylic acids is 2. The molecule has 7 nitrogen and oxygen atoms in total. The zero-order chi connectivity index (χ0) is 21.3. The van der Waals surface area contributed by atoms with E-state index in [-0.39, 0.29) is 18.4 Å². The molecule has 0 saturated carbocycles. The van der Waals surface area contributed by atoms with E-state index in [4.69, 9.17) is 9.47 Å². The quantitative estimate of drug-likeness (QED) is 0.556. The van der Waals surface area contributed by atoms with E-state index in [0.717, 1.165) is 5.56 Å². The van der Waals surface area contributed by atoms with Crippen LogP contribution in [0.15, 0.2) is 30.3 Å². The molecule has 3 N–H and O–H groups in total. The zero-order valence-electron chi connectivity index (χ0n) is 17.7. The van der Waals surface area contributed by atoms with Gasteiger partial charge in [-0.1, -0.05) is 44.2 Å². The number of methoxy groups -OCH3 is 1. The topological polar surface area (TPSA) is 96.9 Å². The lowest BCUT2D eigenvalue weighted by atomic mass is 10.00. The molecule has 7 heteroatoms. The number of hydrogen-bond donors (Lipinski definition) is 3. The van der Waals surface area contributed by atoms with Crippen LogP contribution in [0, 0.1) is 5.92 Å². The molecule has 3 atom stereocenters. The molecule has 0 radical (unpaired) electrons. The highest BCUT2D eigenvalue weighted by Gasteiger charge is 2.28. The van der Waals surface area contributed by atoms with Crippen molar-refractivity contribution in [2.45, 2.75) is 64.8 Å². The first-order chi connectivity index (χ1) is 13.0. The fraction of sp³-hybridized carbons (Fsp3) is 0.619. The van der Waals surface area contributed by atoms with E-state index in [0.29, 0.717) is 6.42 Å². The number of hydrogen-bond acceptors (Lipinski definition) is 6. The highest BCUT2D eigenvalue weighted by Crippen LogP contribution is 2.11. The Hall–Kier alpha value is -2.12. The zero-order valence-corrected chi connectivity index (χ0v) is 17.7. The van der Waals surface area contributed by atoms with Gasteiger partial charge in [-0.2, -0.15) is 0 Å². The van der Waals surface area contributed by atoms with Gasteiger partial charge in [-0.25, -0.2) is 4.79 Å². The largest absolute Gasteiger partial charge is 0.468 e. The van der Waals surface area contributed by atoms with Crippen molar-refractivity contribution in [1.29, 1.82) is 0 Å². The molecular formula is C21H34N2O5. The molecule has 0 unspecified atom stereocenters. The third-order valence-electron chi connectivity index (χ3n) is 4.13. The summed E-state index contributed by atoms with van der Waals surface area (Å²) in [4.78, 5) is 24.1. The number of nitrogens with one attached hydrogen (secondary N) is 2. The number of carbonyl (C=O) groups is 2. The Morgan fingerprint density at radius 3 is 2.25 bits per heavy atom. The summed E-state index contributed by atoms with van der Waals surface area (Å²) >= 11 is 0. The first kappa shape index (κ1) is 23.9. The van der Waals surface area contributed by atoms with Gasteiger partial charge in [-0.05, 0) is 38.7 Å². The average Bonchev–Trinajstić information content (AvgIpc) is 2.59. The van der Waals surface area contributed by atoms with Gasteiger partial charge in [0.1, 0.15) is 11.6 Å². The minimum Gasteiger partial charge on any atom is -0.468 e. The highest BCUT2D eigenvalue weighted by molar-refractivity contribution is 5.75. The number of amides is 1. The van der Waals surface area contributed by atoms with Crippen molar-refractivity contribution in [2.75, 3.05) is 13.7 Å². The molecule has 0 aliphatic carbocycles. The molecule has 1 aromatic carbocycles. The molecule has 0 aromatic heterocycles. The third-order valence-corrected chi connectivity index (χ3v) is 4.13. The molecule has 0 aliphatic rings. The molecule has 0 spiro atoms. The van der Waals surface area contributed by atoms with Gasteiger partial charge >= 0.3 is 12.1 Å². The van der Waals surface area contributed by atoms with E-state index in [1.54, 1.807) is 20.8 Å². The van der Waals surface area contributed by atoms with E-state index in [9.17, 15) is 14.7 Å². The minimum atomic E-state index is -0.932. The monoisotopic (exact) mass is 394 g/mol. The van der Waals surface area contributed by atoms with E-state index in [1.165, 1.54) is 7.11 Å². The van der Waals surface area contributed by atoms with Crippen LogP contribution in [0.5, 0.6) is 0 Å². The summed E-state index contributed by atoms with van der Waals surface area (Å²) in [5.74, 6) is -0.395. The van der Waals surface area contributed by atoms with Gasteiger partial charge in [0, 0.05) is 6.54 Å². The lowest BCUT2D eigenvalue weighted by Gasteiger charge is -2.28. The Labute approximate surface area is 167 Å². The number of esters is 1. The molecule has 0 saturated heterocycles. The van der Waals surface area contributed by atoms with E-state index in [2.05, 4.69) is 10.6 Å². The predicted octanol–water partition coefficient (Wildman–Crippen LogP) is 2.27. The van der Waals surface area contributed by atoms with Crippen LogP contribution in [0.2, 0.25) is 0 Å². The molecule has 0 fully saturated rings. The van der Waals surface area contributed by atoms with Gasteiger partial charge in [0.05, 0.1) is 19.3 Å². The van der Waals surface area contributed by atoms with Crippen molar-refractivity contribution in [3.63, 3.8) is 0 Å². The van der Waals surface area contributed by atoms with Crippen LogP contribution in [0.4, 0.5) is 4.79 Å². The number of benzene rings is 1. The average molecular weight is 395 g/mol. The molecule has 0 aliphatic heterocycles. The lowest BCUT2D eigenvalue weighted by molar-refractivity contribution is -0.144. The molecule has 1 aromatic rings. The molecule has 0 bridgehead atoms. The van der Waals surface area contributed by atoms with E-state index in [1.807, 2.05) is 44.2 Å². The lowest BCUT2D eigenvalue weighted by Crippen LogP contribution is -2.53. The Kier molecular flexibility index (Phi) is 9.41. The maximum Gasteiger partial charge on any atom is 0.407 e. The first-order valence-corrected chi connectivity index (χ1v) is 9.56. The number of aliphatic hydroxyl groups is 1. The normalized spacial score (nSPS) is 14.9. The summed E-state index contributed by atoms with van der Waals surface area (Å²) in [6.45, 7) is 9.23. The fourth-order valence-electron chi connectivity index (χ4n) is 2.72. The first-order valence-electron chi connectivity index (χ1n) is 9.56. The standard InChI is InChI=1S/C21H34N2O5/c1-14(2)18(19(25)27-6)22-13-17(24)16(12-15-10-8-7-9-11-15)23-20(26)28-21(3,4)5/h7-11,14,16-18,22,24H,12-13H2,1-6H3,(H,23,26)/t16-,17-,18-/m0/s1. The summed E-state index contributed by atoms with van der Waals surface area (Å²) < 4.78 is 10.1. The maximum absolute atomic E-state index is 12.2. The van der Waals surface area contributed by atoms with E-state index >= 15 is 0 Å². The Balaban J connectivity index is 2.84. The summed E-state index contributed by atoms with van der Waals surface area (Å²) in [6, 6.07) is 8.42. The smallest absolute Gasteiger partial charge is 0.407 e. The Bertz CT molecular complexity index is 613. The van der Waals surface area contributed by atoms with Crippen molar-refractivity contribution in [3.8, 4) is 0 Å². The van der Waals surface area contributed by atoms with Crippen molar-refractivity contribution >= 4 is 12.1 Å². The summed E-state index contributed by atoms with van der Waals surface area (Å²) in [5, 5.41) is 16.5. The number of aliphatic hydroxyl groups excluding tert-OH is 1. The Morgan fingerprint density at radius 1 is 1.14 bits per heavy atom. The third kappa shape index (κ3) is 8.71. The fourth-order valence-corrected chi connectivity index (χ4v) is 2.72. The van der Waals surface area contributed by atoms with Crippen molar-refractivity contribution < 1.29 is 24.2 Å². The van der Waals surface area contributed by atoms with Gasteiger partial charge in [0.15, 0.2) is 0 Å². The highest BCUT2D eigenvalue weighted by atomic mass is 16.6. The molecule has 0 heterocycles. The van der Waals surface area contributed by atoms with Gasteiger partial charge in [-0.15, -0.1) is 0 Å². The van der Waals surface area contributed by atoms with Crippen LogP contribution in [0.3, 0.4) is 0 Å². The van der Waals surface area contributed by atoms with Gasteiger partial charge in [-0.3, -0.25) is 4.79 Å². The van der Waals surface area contributed by atoms with Crippen LogP contribution in [0.25, 0.3) is 0 Å². The summed E-state index contributed by atoms with van der Waals surface area (Å²) in [6.07, 6.45) is -1.10. The summed E-state index contributed by atoms with van der Waals surface area (Å²) in [7, 11) is 1.33. The SMILES string of the molecule is COC(=O)[C@@H](NC[C@H](O)[C@H](Cc1ccccc1)NC(=O)OC(C)(C)C)C(C)C. The molecule has 158 valence electrons. The van der Waals surface area contributed by atoms with Crippen LogP contribution < -0.4 is 10.6 Å². The number of rotatable bonds is 9. The van der Waals surface area contributed by atoms with Gasteiger partial charge < -0.3 is 25.2 Å². The second kappa shape index (κ2) is 11.0. The molecular weight excluding hydrogens is 360 g/mol. The van der Waals surface area contributed by atoms with Crippen LogP contribution >= 0.6 is 0 Å². The molecule has 28 heavy (non-hydrogen) atoms. The van der Waals surface area contributed by atoms with Gasteiger partial charge in [0.25, 0.3) is 0 Å². The maximum atomic E-state index is 12.2. The minimum absolute atomic E-state index is 0.00830. The van der Waals surface area contributed by atoms with Crippen LogP contribution in [-0.4, -0.2) is 54.6 Å². The second-order valence-corrected chi connectivity index (χ2v) is 8.16. The molecule has 1 rings (SSSR count). The van der Waals surface area contributed by atoms with Gasteiger partial charge in [0.2, 0.25) is 0 Å². The van der Waals surface area contributed by atoms with Crippen molar-refractivity contribution in [3.05, 3.63) is 35.9 Å². The molecule has 1 amide bonds. The number of alkyl carbamates (subject to hydrolysis) is 1. The van der Waals surface area contributed by atoms with Crippen LogP contribution in [0.1, 0.15) is 40.2 Å². The predicted molar refractivity (Wildman–Crippen MR) is 108 cm³/mol. The van der Waals surface area contributed by atoms with Crippen molar-refractivity contribution in [2.24, 2.45) is 5.92 Å². The van der Waals surface area contributed by atoms with Crippen molar-refractivity contribution in [1.82, 2.24) is 10.6 Å². The number of ether oxygens (including phenoxy) is 2. The van der Waals surface area contributed by atoms with E-state index < -0.39 is 29.9 Å². The Morgan fingerprint density at radius 2 is 1.75 bits per heavy atom. The summed E-state index contributed by atoms with van der Waals surface area (Å²) in [5.41, 5.74) is 0.328.